The van der Waals surface area contributed by atoms with Crippen molar-refractivity contribution in [3.05, 3.63) is 35.9 Å². The van der Waals surface area contributed by atoms with Gasteiger partial charge in [0.05, 0.1) is 12.1 Å². The van der Waals surface area contributed by atoms with E-state index in [4.69, 9.17) is 5.73 Å². The van der Waals surface area contributed by atoms with Gasteiger partial charge >= 0.3 is 0 Å². The molecule has 1 aromatic rings. The molecule has 0 amide bonds. The fourth-order valence-electron chi connectivity index (χ4n) is 2.23. The van der Waals surface area contributed by atoms with E-state index in [1.165, 1.54) is 6.42 Å². The Kier molecular flexibility index (Phi) is 6.49. The molecule has 1 aromatic carbocycles. The zero-order chi connectivity index (χ0) is 14.3. The summed E-state index contributed by atoms with van der Waals surface area (Å²) in [5.41, 5.74) is 6.73. The Morgan fingerprint density at radius 3 is 2.47 bits per heavy atom. The van der Waals surface area contributed by atoms with E-state index in [1.807, 2.05) is 30.3 Å². The molecule has 1 rings (SSSR count). The second-order valence-corrected chi connectivity index (χ2v) is 5.71. The molecule has 2 unspecified atom stereocenters. The standard InChI is InChI=1S/C16H28N2O/c1-4-14(2)12-18(3)11-10-16(17,13-19)15-8-6-5-7-9-15/h5-9,14,19H,4,10-13,17H2,1-3H3. The topological polar surface area (TPSA) is 49.5 Å². The number of hydrogen-bond donors (Lipinski definition) is 2. The SMILES string of the molecule is CCC(C)CN(C)CCC(N)(CO)c1ccccc1. The van der Waals surface area contributed by atoms with E-state index in [-0.39, 0.29) is 6.61 Å². The Labute approximate surface area is 117 Å². The first-order valence-electron chi connectivity index (χ1n) is 7.15. The van der Waals surface area contributed by atoms with Crippen molar-refractivity contribution in [2.75, 3.05) is 26.7 Å². The maximum absolute atomic E-state index is 9.64. The molecule has 2 atom stereocenters. The minimum Gasteiger partial charge on any atom is -0.394 e. The van der Waals surface area contributed by atoms with E-state index >= 15 is 0 Å². The van der Waals surface area contributed by atoms with Crippen molar-refractivity contribution in [3.63, 3.8) is 0 Å². The highest BCUT2D eigenvalue weighted by Gasteiger charge is 2.26. The molecule has 0 heterocycles. The molecule has 0 aromatic heterocycles. The predicted molar refractivity (Wildman–Crippen MR) is 81.0 cm³/mol. The summed E-state index contributed by atoms with van der Waals surface area (Å²) in [5, 5.41) is 9.64. The molecule has 0 bridgehead atoms. The zero-order valence-electron chi connectivity index (χ0n) is 12.5. The van der Waals surface area contributed by atoms with Gasteiger partial charge in [-0.25, -0.2) is 0 Å². The van der Waals surface area contributed by atoms with Gasteiger partial charge in [0, 0.05) is 13.1 Å². The second kappa shape index (κ2) is 7.63. The number of benzene rings is 1. The van der Waals surface area contributed by atoms with E-state index in [0.29, 0.717) is 5.92 Å². The van der Waals surface area contributed by atoms with Gasteiger partial charge in [-0.05, 0) is 24.9 Å². The fourth-order valence-corrected chi connectivity index (χ4v) is 2.23. The van der Waals surface area contributed by atoms with Crippen LogP contribution in [0.25, 0.3) is 0 Å². The van der Waals surface area contributed by atoms with Crippen LogP contribution in [0.4, 0.5) is 0 Å². The normalized spacial score (nSPS) is 16.3. The molecule has 0 fully saturated rings. The molecule has 3 nitrogen and oxygen atoms in total. The third-order valence-corrected chi connectivity index (χ3v) is 3.89. The van der Waals surface area contributed by atoms with Crippen LogP contribution in [-0.2, 0) is 5.54 Å². The van der Waals surface area contributed by atoms with Crippen molar-refractivity contribution in [3.8, 4) is 0 Å². The number of aliphatic hydroxyl groups excluding tert-OH is 1. The van der Waals surface area contributed by atoms with Crippen LogP contribution in [-0.4, -0.2) is 36.8 Å². The monoisotopic (exact) mass is 264 g/mol. The van der Waals surface area contributed by atoms with Gasteiger partial charge in [-0.3, -0.25) is 0 Å². The summed E-state index contributed by atoms with van der Waals surface area (Å²) in [7, 11) is 2.12. The Balaban J connectivity index is 2.57. The summed E-state index contributed by atoms with van der Waals surface area (Å²) >= 11 is 0. The van der Waals surface area contributed by atoms with Crippen LogP contribution >= 0.6 is 0 Å². The Hall–Kier alpha value is -0.900. The summed E-state index contributed by atoms with van der Waals surface area (Å²) in [6.45, 7) is 6.43. The average molecular weight is 264 g/mol. The Bertz CT molecular complexity index is 355. The zero-order valence-corrected chi connectivity index (χ0v) is 12.5. The molecule has 108 valence electrons. The molecule has 0 radical (unpaired) electrons. The van der Waals surface area contributed by atoms with Gasteiger partial charge in [-0.1, -0.05) is 50.6 Å². The molecule has 3 N–H and O–H groups in total. The largest absolute Gasteiger partial charge is 0.394 e. The second-order valence-electron chi connectivity index (χ2n) is 5.71. The molecule has 0 saturated carbocycles. The van der Waals surface area contributed by atoms with Gasteiger partial charge in [-0.2, -0.15) is 0 Å². The summed E-state index contributed by atoms with van der Waals surface area (Å²) in [6, 6.07) is 9.89. The molecular weight excluding hydrogens is 236 g/mol. The van der Waals surface area contributed by atoms with Gasteiger partial charge in [0.25, 0.3) is 0 Å². The van der Waals surface area contributed by atoms with Crippen molar-refractivity contribution in [2.24, 2.45) is 11.7 Å². The Morgan fingerprint density at radius 1 is 1.32 bits per heavy atom. The van der Waals surface area contributed by atoms with Gasteiger partial charge in [0.1, 0.15) is 0 Å². The number of nitrogens with zero attached hydrogens (tertiary/aromatic N) is 1. The molecule has 0 aliphatic heterocycles. The number of nitrogens with two attached hydrogens (primary N) is 1. The first-order valence-corrected chi connectivity index (χ1v) is 7.15. The fraction of sp³-hybridized carbons (Fsp3) is 0.625. The van der Waals surface area contributed by atoms with Crippen LogP contribution < -0.4 is 5.73 Å². The van der Waals surface area contributed by atoms with Crippen LogP contribution in [0.5, 0.6) is 0 Å². The number of rotatable bonds is 8. The van der Waals surface area contributed by atoms with Crippen LogP contribution in [0, 0.1) is 5.92 Å². The third kappa shape index (κ3) is 4.94. The van der Waals surface area contributed by atoms with Crippen molar-refractivity contribution >= 4 is 0 Å². The molecule has 19 heavy (non-hydrogen) atoms. The molecular formula is C16H28N2O. The van der Waals surface area contributed by atoms with E-state index in [2.05, 4.69) is 25.8 Å². The highest BCUT2D eigenvalue weighted by Crippen LogP contribution is 2.22. The summed E-state index contributed by atoms with van der Waals surface area (Å²) in [6.07, 6.45) is 1.96. The molecule has 3 heteroatoms. The van der Waals surface area contributed by atoms with Gasteiger partial charge in [0.2, 0.25) is 0 Å². The van der Waals surface area contributed by atoms with E-state index in [0.717, 1.165) is 25.1 Å². The highest BCUT2D eigenvalue weighted by atomic mass is 16.3. The summed E-state index contributed by atoms with van der Waals surface area (Å²) in [4.78, 5) is 2.30. The van der Waals surface area contributed by atoms with Crippen molar-refractivity contribution < 1.29 is 5.11 Å². The van der Waals surface area contributed by atoms with E-state index < -0.39 is 5.54 Å². The van der Waals surface area contributed by atoms with Gasteiger partial charge < -0.3 is 15.7 Å². The highest BCUT2D eigenvalue weighted by molar-refractivity contribution is 5.24. The lowest BCUT2D eigenvalue weighted by Crippen LogP contribution is -2.43. The lowest BCUT2D eigenvalue weighted by atomic mass is 9.88. The van der Waals surface area contributed by atoms with Crippen molar-refractivity contribution in [1.82, 2.24) is 4.90 Å². The van der Waals surface area contributed by atoms with Crippen LogP contribution in [0.2, 0.25) is 0 Å². The van der Waals surface area contributed by atoms with Crippen LogP contribution in [0.1, 0.15) is 32.3 Å². The van der Waals surface area contributed by atoms with Crippen molar-refractivity contribution in [1.29, 1.82) is 0 Å². The van der Waals surface area contributed by atoms with E-state index in [1.54, 1.807) is 0 Å². The molecule has 0 aliphatic rings. The smallest absolute Gasteiger partial charge is 0.0656 e. The van der Waals surface area contributed by atoms with Crippen LogP contribution in [0.15, 0.2) is 30.3 Å². The lowest BCUT2D eigenvalue weighted by Gasteiger charge is -2.30. The maximum atomic E-state index is 9.64. The molecule has 0 saturated heterocycles. The minimum atomic E-state index is -0.634. The van der Waals surface area contributed by atoms with Crippen LogP contribution in [0.3, 0.4) is 0 Å². The third-order valence-electron chi connectivity index (χ3n) is 3.89. The summed E-state index contributed by atoms with van der Waals surface area (Å²) in [5.74, 6) is 0.697. The number of aliphatic hydroxyl groups is 1. The first kappa shape index (κ1) is 16.2. The quantitative estimate of drug-likeness (QED) is 0.757. The average Bonchev–Trinajstić information content (AvgIpc) is 2.45. The first-order chi connectivity index (χ1) is 9.01. The molecule has 0 aliphatic carbocycles. The van der Waals surface area contributed by atoms with Gasteiger partial charge in [0.15, 0.2) is 0 Å². The van der Waals surface area contributed by atoms with E-state index in [9.17, 15) is 5.11 Å². The summed E-state index contributed by atoms with van der Waals surface area (Å²) < 4.78 is 0. The molecule has 0 spiro atoms. The van der Waals surface area contributed by atoms with Gasteiger partial charge in [-0.15, -0.1) is 0 Å². The number of hydrogen-bond acceptors (Lipinski definition) is 3. The maximum Gasteiger partial charge on any atom is 0.0656 e. The predicted octanol–water partition coefficient (Wildman–Crippen LogP) is 2.20. The Morgan fingerprint density at radius 2 is 1.95 bits per heavy atom. The minimum absolute atomic E-state index is 0.0197. The van der Waals surface area contributed by atoms with Crippen molar-refractivity contribution in [2.45, 2.75) is 32.2 Å². The lowest BCUT2D eigenvalue weighted by molar-refractivity contribution is 0.166.